The van der Waals surface area contributed by atoms with Crippen molar-refractivity contribution in [1.29, 1.82) is 0 Å². The molecule has 144 valence electrons. The third kappa shape index (κ3) is 4.55. The minimum Gasteiger partial charge on any atom is -0.377 e. The zero-order chi connectivity index (χ0) is 20.8. The van der Waals surface area contributed by atoms with Gasteiger partial charge in [-0.3, -0.25) is 0 Å². The van der Waals surface area contributed by atoms with E-state index in [1.54, 1.807) is 0 Å². The lowest BCUT2D eigenvalue weighted by Gasteiger charge is -2.18. The van der Waals surface area contributed by atoms with Gasteiger partial charge in [0.25, 0.3) is 0 Å². The van der Waals surface area contributed by atoms with Crippen LogP contribution >= 0.6 is 7.92 Å². The van der Waals surface area contributed by atoms with Crippen molar-refractivity contribution in [2.75, 3.05) is 19.0 Å². The molecule has 0 N–H and O–H groups in total. The summed E-state index contributed by atoms with van der Waals surface area (Å²) >= 11 is 0. The van der Waals surface area contributed by atoms with Crippen LogP contribution in [0.3, 0.4) is 0 Å². The van der Waals surface area contributed by atoms with E-state index in [1.807, 2.05) is 60.7 Å². The highest BCUT2D eigenvalue weighted by atomic mass is 31.1. The molecular formula is C28H22NP. The predicted octanol–water partition coefficient (Wildman–Crippen LogP) is 6.03. The van der Waals surface area contributed by atoms with E-state index in [1.165, 1.54) is 21.8 Å². The molecule has 0 radical (unpaired) electrons. The monoisotopic (exact) mass is 403 g/mol. The number of anilines is 1. The number of benzene rings is 4. The fourth-order valence-electron chi connectivity index (χ4n) is 3.29. The quantitative estimate of drug-likeness (QED) is 0.292. The van der Waals surface area contributed by atoms with Gasteiger partial charge in [-0.15, -0.1) is 0 Å². The van der Waals surface area contributed by atoms with Crippen molar-refractivity contribution >= 4 is 29.7 Å². The minimum atomic E-state index is -0.993. The van der Waals surface area contributed by atoms with Crippen LogP contribution in [-0.2, 0) is 0 Å². The fraction of sp³-hybridized carbons (Fsp3) is 0.0714. The largest absolute Gasteiger partial charge is 0.377 e. The number of fused-ring (bicyclic) bond motifs is 1. The summed E-state index contributed by atoms with van der Waals surface area (Å²) in [5.74, 6) is 6.71. The van der Waals surface area contributed by atoms with Gasteiger partial charge < -0.3 is 4.90 Å². The second-order valence-corrected chi connectivity index (χ2v) is 8.69. The Morgan fingerprint density at radius 2 is 1.13 bits per heavy atom. The molecule has 30 heavy (non-hydrogen) atoms. The smallest absolute Gasteiger partial charge is 0.0825 e. The van der Waals surface area contributed by atoms with Gasteiger partial charge in [-0.25, -0.2) is 0 Å². The summed E-state index contributed by atoms with van der Waals surface area (Å²) in [5, 5.41) is 3.66. The predicted molar refractivity (Wildman–Crippen MR) is 131 cm³/mol. The lowest BCUT2D eigenvalue weighted by atomic mass is 10.1. The molecule has 0 saturated carbocycles. The van der Waals surface area contributed by atoms with Gasteiger partial charge in [-0.05, 0) is 35.7 Å². The number of hydrogen-bond acceptors (Lipinski definition) is 1. The molecule has 0 unspecified atom stereocenters. The molecule has 0 saturated heterocycles. The van der Waals surface area contributed by atoms with E-state index in [0.717, 1.165) is 11.1 Å². The van der Waals surface area contributed by atoms with Crippen LogP contribution in [0.2, 0.25) is 0 Å². The maximum absolute atomic E-state index is 3.50. The molecule has 0 aliphatic heterocycles. The molecule has 4 rings (SSSR count). The minimum absolute atomic E-state index is 0.993. The Morgan fingerprint density at radius 3 is 1.67 bits per heavy atom. The SMILES string of the molecule is CN(C)c1cccc2cccc(P(C#Cc3ccccc3)C#Cc3ccccc3)c12. The second-order valence-electron chi connectivity index (χ2n) is 7.09. The standard InChI is InChI=1S/C28H22NP/c1-29(2)26-17-9-15-25-16-10-18-27(28(25)26)30(21-19-23-11-5-3-6-12-23)22-20-24-13-7-4-8-14-24/h3-18H,1-2H3. The maximum Gasteiger partial charge on any atom is 0.0825 e. The number of hydrogen-bond donors (Lipinski definition) is 0. The summed E-state index contributed by atoms with van der Waals surface area (Å²) < 4.78 is 0. The van der Waals surface area contributed by atoms with Crippen LogP contribution in [0.5, 0.6) is 0 Å². The van der Waals surface area contributed by atoms with Crippen LogP contribution in [-0.4, -0.2) is 14.1 Å². The molecule has 0 atom stereocenters. The van der Waals surface area contributed by atoms with Crippen LogP contribution in [0.4, 0.5) is 5.69 Å². The Balaban J connectivity index is 1.88. The van der Waals surface area contributed by atoms with Gasteiger partial charge >= 0.3 is 0 Å². The Labute approximate surface area is 180 Å². The highest BCUT2D eigenvalue weighted by molar-refractivity contribution is 7.75. The van der Waals surface area contributed by atoms with Crippen molar-refractivity contribution in [3.05, 3.63) is 108 Å². The first-order chi connectivity index (χ1) is 14.7. The Hall–Kier alpha value is -3.51. The van der Waals surface area contributed by atoms with Gasteiger partial charge in [-0.1, -0.05) is 89.9 Å². The summed E-state index contributed by atoms with van der Waals surface area (Å²) in [6.45, 7) is 0. The van der Waals surface area contributed by atoms with Gasteiger partial charge in [0, 0.05) is 41.6 Å². The van der Waals surface area contributed by atoms with Crippen LogP contribution in [0.1, 0.15) is 11.1 Å². The molecule has 1 nitrogen and oxygen atoms in total. The van der Waals surface area contributed by atoms with Crippen LogP contribution < -0.4 is 10.2 Å². The molecule has 0 fully saturated rings. The Kier molecular flexibility index (Phi) is 6.15. The molecule has 4 aromatic carbocycles. The van der Waals surface area contributed by atoms with Gasteiger partial charge in [-0.2, -0.15) is 0 Å². The summed E-state index contributed by atoms with van der Waals surface area (Å²) in [5.41, 5.74) is 10.2. The highest BCUT2D eigenvalue weighted by Crippen LogP contribution is 2.38. The van der Waals surface area contributed by atoms with E-state index in [-0.39, 0.29) is 0 Å². The van der Waals surface area contributed by atoms with Crippen molar-refractivity contribution in [1.82, 2.24) is 0 Å². The Bertz CT molecular complexity index is 1210. The van der Waals surface area contributed by atoms with E-state index >= 15 is 0 Å². The average Bonchev–Trinajstić information content (AvgIpc) is 2.80. The zero-order valence-corrected chi connectivity index (χ0v) is 18.0. The highest BCUT2D eigenvalue weighted by Gasteiger charge is 2.14. The van der Waals surface area contributed by atoms with Crippen LogP contribution in [0.25, 0.3) is 10.8 Å². The summed E-state index contributed by atoms with van der Waals surface area (Å²) in [6, 6.07) is 33.1. The van der Waals surface area contributed by atoms with Crippen molar-refractivity contribution in [2.45, 2.75) is 0 Å². The van der Waals surface area contributed by atoms with E-state index in [4.69, 9.17) is 0 Å². The summed E-state index contributed by atoms with van der Waals surface area (Å²) in [4.78, 5) is 2.16. The molecule has 0 aliphatic carbocycles. The van der Waals surface area contributed by atoms with E-state index < -0.39 is 7.92 Å². The third-order valence-electron chi connectivity index (χ3n) is 4.76. The first kappa shape index (κ1) is 19.8. The van der Waals surface area contributed by atoms with Crippen molar-refractivity contribution in [2.24, 2.45) is 0 Å². The first-order valence-corrected chi connectivity index (χ1v) is 11.2. The van der Waals surface area contributed by atoms with E-state index in [2.05, 4.69) is 78.6 Å². The molecule has 0 heterocycles. The molecule has 4 aromatic rings. The normalized spacial score (nSPS) is 10.1. The molecular weight excluding hydrogens is 381 g/mol. The van der Waals surface area contributed by atoms with Crippen LogP contribution in [0, 0.1) is 23.2 Å². The number of nitrogens with zero attached hydrogens (tertiary/aromatic N) is 1. The first-order valence-electron chi connectivity index (χ1n) is 9.85. The van der Waals surface area contributed by atoms with Crippen molar-refractivity contribution in [3.63, 3.8) is 0 Å². The summed E-state index contributed by atoms with van der Waals surface area (Å²) in [6.07, 6.45) is 0. The van der Waals surface area contributed by atoms with Gasteiger partial charge in [0.1, 0.15) is 0 Å². The molecule has 0 amide bonds. The second kappa shape index (κ2) is 9.33. The number of rotatable bonds is 2. The van der Waals surface area contributed by atoms with Crippen molar-refractivity contribution < 1.29 is 0 Å². The molecule has 0 spiro atoms. The maximum atomic E-state index is 3.50. The zero-order valence-electron chi connectivity index (χ0n) is 17.1. The lowest BCUT2D eigenvalue weighted by Crippen LogP contribution is -2.12. The van der Waals surface area contributed by atoms with E-state index in [0.29, 0.717) is 0 Å². The fourth-order valence-corrected chi connectivity index (χ4v) is 4.77. The third-order valence-corrected chi connectivity index (χ3v) is 6.28. The molecule has 0 bridgehead atoms. The van der Waals surface area contributed by atoms with Gasteiger partial charge in [0.05, 0.1) is 7.92 Å². The molecule has 0 aromatic heterocycles. The van der Waals surface area contributed by atoms with Gasteiger partial charge in [0.15, 0.2) is 0 Å². The Morgan fingerprint density at radius 1 is 0.600 bits per heavy atom. The van der Waals surface area contributed by atoms with Gasteiger partial charge in [0.2, 0.25) is 0 Å². The van der Waals surface area contributed by atoms with E-state index in [9.17, 15) is 0 Å². The summed E-state index contributed by atoms with van der Waals surface area (Å²) in [7, 11) is 3.17. The van der Waals surface area contributed by atoms with Crippen molar-refractivity contribution in [3.8, 4) is 23.2 Å². The van der Waals surface area contributed by atoms with Crippen LogP contribution in [0.15, 0.2) is 97.1 Å². The lowest BCUT2D eigenvalue weighted by molar-refractivity contribution is 1.14. The topological polar surface area (TPSA) is 3.24 Å². The average molecular weight is 403 g/mol. The molecule has 2 heteroatoms. The molecule has 0 aliphatic rings.